The molecule has 8 nitrogen and oxygen atoms in total. The zero-order valence-electron chi connectivity index (χ0n) is 15.4. The maximum atomic E-state index is 12.8. The number of halogens is 1. The van der Waals surface area contributed by atoms with Gasteiger partial charge in [0.15, 0.2) is 0 Å². The summed E-state index contributed by atoms with van der Waals surface area (Å²) in [5.74, 6) is 0.583. The highest BCUT2D eigenvalue weighted by atomic mass is 35.5. The summed E-state index contributed by atoms with van der Waals surface area (Å²) >= 11 is 1.60. The number of hydrogen-bond acceptors (Lipinski definition) is 6. The summed E-state index contributed by atoms with van der Waals surface area (Å²) in [5.41, 5.74) is 5.74. The fourth-order valence-electron chi connectivity index (χ4n) is 3.06. The van der Waals surface area contributed by atoms with E-state index in [1.54, 1.807) is 27.9 Å². The highest BCUT2D eigenvalue weighted by Crippen LogP contribution is 2.13. The Kier molecular flexibility index (Phi) is 8.03. The number of aromatic nitrogens is 3. The summed E-state index contributed by atoms with van der Waals surface area (Å²) < 4.78 is 8.05. The lowest BCUT2D eigenvalue weighted by atomic mass is 10.1. The molecule has 150 valence electrons. The van der Waals surface area contributed by atoms with Crippen molar-refractivity contribution in [1.82, 2.24) is 19.2 Å². The molecule has 1 aliphatic rings. The summed E-state index contributed by atoms with van der Waals surface area (Å²) in [4.78, 5) is 28.2. The summed E-state index contributed by atoms with van der Waals surface area (Å²) in [5, 5.41) is 6.36. The van der Waals surface area contributed by atoms with E-state index in [4.69, 9.17) is 10.5 Å². The third-order valence-electron chi connectivity index (χ3n) is 4.59. The van der Waals surface area contributed by atoms with Crippen LogP contribution in [0.4, 0.5) is 0 Å². The number of nitrogens with two attached hydrogens (primary N) is 1. The van der Waals surface area contributed by atoms with Gasteiger partial charge in [-0.1, -0.05) is 6.07 Å². The van der Waals surface area contributed by atoms with Crippen LogP contribution in [0.3, 0.4) is 0 Å². The van der Waals surface area contributed by atoms with Crippen LogP contribution in [-0.4, -0.2) is 51.5 Å². The highest BCUT2D eigenvalue weighted by Gasteiger charge is 2.22. The number of carbonyl (C=O) groups is 1. The molecule has 1 amide bonds. The Labute approximate surface area is 168 Å². The van der Waals surface area contributed by atoms with E-state index in [0.717, 1.165) is 23.5 Å². The van der Waals surface area contributed by atoms with E-state index in [1.165, 1.54) is 4.68 Å². The van der Waals surface area contributed by atoms with Gasteiger partial charge in [0.25, 0.3) is 0 Å². The van der Waals surface area contributed by atoms with E-state index < -0.39 is 0 Å². The largest absolute Gasteiger partial charge is 0.383 e. The van der Waals surface area contributed by atoms with Gasteiger partial charge in [0.05, 0.1) is 13.2 Å². The molecule has 0 bridgehead atoms. The van der Waals surface area contributed by atoms with E-state index >= 15 is 0 Å². The van der Waals surface area contributed by atoms with Crippen LogP contribution >= 0.6 is 23.7 Å². The monoisotopic (exact) mass is 415 g/mol. The second-order valence-corrected chi connectivity index (χ2v) is 7.52. The first-order valence-corrected chi connectivity index (χ1v) is 9.67. The van der Waals surface area contributed by atoms with E-state index in [2.05, 4.69) is 5.10 Å². The Hall–Kier alpha value is -1.68. The zero-order chi connectivity index (χ0) is 18.5. The summed E-state index contributed by atoms with van der Waals surface area (Å²) in [6, 6.07) is 4.05. The molecular weight excluding hydrogens is 390 g/mol. The van der Waals surface area contributed by atoms with Gasteiger partial charge in [0.2, 0.25) is 5.91 Å². The van der Waals surface area contributed by atoms with Crippen molar-refractivity contribution in [2.45, 2.75) is 44.9 Å². The molecule has 1 unspecified atom stereocenters. The molecule has 2 N–H and O–H groups in total. The SMILES string of the molecule is COCCN(Cc1cccs1)C(=O)Cn1nc2n(c1=O)CCC(N)CC2.Cl. The zero-order valence-corrected chi connectivity index (χ0v) is 17.0. The number of amides is 1. The summed E-state index contributed by atoms with van der Waals surface area (Å²) in [6.07, 6.45) is 2.23. The van der Waals surface area contributed by atoms with Crippen LogP contribution in [0.25, 0.3) is 0 Å². The molecule has 2 aromatic rings. The predicted molar refractivity (Wildman–Crippen MR) is 106 cm³/mol. The minimum absolute atomic E-state index is 0. The topological polar surface area (TPSA) is 95.4 Å². The molecule has 0 aromatic carbocycles. The Morgan fingerprint density at radius 1 is 1.48 bits per heavy atom. The quantitative estimate of drug-likeness (QED) is 0.723. The Morgan fingerprint density at radius 2 is 2.30 bits per heavy atom. The van der Waals surface area contributed by atoms with Crippen molar-refractivity contribution in [3.8, 4) is 0 Å². The van der Waals surface area contributed by atoms with Gasteiger partial charge in [-0.05, 0) is 24.3 Å². The fourth-order valence-corrected chi connectivity index (χ4v) is 3.78. The normalized spacial score (nSPS) is 16.3. The molecule has 0 saturated heterocycles. The van der Waals surface area contributed by atoms with Crippen molar-refractivity contribution in [2.24, 2.45) is 5.73 Å². The van der Waals surface area contributed by atoms with Crippen LogP contribution in [0.5, 0.6) is 0 Å². The van der Waals surface area contributed by atoms with Crippen molar-refractivity contribution in [2.75, 3.05) is 20.3 Å². The predicted octanol–water partition coefficient (Wildman–Crippen LogP) is 0.867. The van der Waals surface area contributed by atoms with Gasteiger partial charge in [-0.3, -0.25) is 9.36 Å². The van der Waals surface area contributed by atoms with E-state index in [9.17, 15) is 9.59 Å². The molecule has 0 radical (unpaired) electrons. The standard InChI is InChI=1S/C17H25N5O3S.ClH/c1-25-9-8-20(11-14-3-2-10-26-14)16(23)12-22-17(24)21-7-6-13(18)4-5-15(21)19-22;/h2-3,10,13H,4-9,11-12,18H2,1H3;1H. The van der Waals surface area contributed by atoms with Crippen LogP contribution in [0.1, 0.15) is 23.5 Å². The molecule has 0 saturated carbocycles. The lowest BCUT2D eigenvalue weighted by molar-refractivity contribution is -0.133. The van der Waals surface area contributed by atoms with Gasteiger partial charge >= 0.3 is 5.69 Å². The molecule has 0 spiro atoms. The third-order valence-corrected chi connectivity index (χ3v) is 5.45. The maximum absolute atomic E-state index is 12.8. The van der Waals surface area contributed by atoms with Crippen LogP contribution < -0.4 is 11.4 Å². The first-order valence-electron chi connectivity index (χ1n) is 8.79. The van der Waals surface area contributed by atoms with Crippen LogP contribution in [-0.2, 0) is 35.6 Å². The maximum Gasteiger partial charge on any atom is 0.346 e. The second kappa shape index (κ2) is 10.0. The smallest absolute Gasteiger partial charge is 0.346 e. The first-order chi connectivity index (χ1) is 12.6. The van der Waals surface area contributed by atoms with E-state index in [0.29, 0.717) is 32.7 Å². The Morgan fingerprint density at radius 3 is 3.00 bits per heavy atom. The van der Waals surface area contributed by atoms with Gasteiger partial charge in [-0.25, -0.2) is 9.48 Å². The molecule has 1 atom stereocenters. The van der Waals surface area contributed by atoms with Crippen LogP contribution in [0.2, 0.25) is 0 Å². The van der Waals surface area contributed by atoms with Crippen molar-refractivity contribution >= 4 is 29.7 Å². The number of fused-ring (bicyclic) bond motifs is 1. The molecule has 0 fully saturated rings. The van der Waals surface area contributed by atoms with Crippen LogP contribution in [0, 0.1) is 0 Å². The number of nitrogens with zero attached hydrogens (tertiary/aromatic N) is 4. The fraction of sp³-hybridized carbons (Fsp3) is 0.588. The molecular formula is C17H26ClN5O3S. The van der Waals surface area contributed by atoms with Gasteiger partial charge in [-0.2, -0.15) is 5.10 Å². The average Bonchev–Trinajstić information content (AvgIpc) is 3.19. The number of ether oxygens (including phenoxy) is 1. The molecule has 27 heavy (non-hydrogen) atoms. The number of carbonyl (C=O) groups excluding carboxylic acids is 1. The molecule has 10 heteroatoms. The molecule has 0 aliphatic carbocycles. The number of hydrogen-bond donors (Lipinski definition) is 1. The lowest BCUT2D eigenvalue weighted by Gasteiger charge is -2.21. The van der Waals surface area contributed by atoms with Gasteiger partial charge in [-0.15, -0.1) is 23.7 Å². The number of rotatable bonds is 7. The van der Waals surface area contributed by atoms with Crippen molar-refractivity contribution in [3.05, 3.63) is 38.7 Å². The van der Waals surface area contributed by atoms with Crippen LogP contribution in [0.15, 0.2) is 22.3 Å². The molecule has 1 aliphatic heterocycles. The Bertz CT molecular complexity index is 789. The summed E-state index contributed by atoms with van der Waals surface area (Å²) in [7, 11) is 1.61. The molecule has 3 heterocycles. The minimum atomic E-state index is -0.231. The van der Waals surface area contributed by atoms with E-state index in [-0.39, 0.29) is 36.6 Å². The van der Waals surface area contributed by atoms with Crippen molar-refractivity contribution in [1.29, 1.82) is 0 Å². The van der Waals surface area contributed by atoms with Crippen molar-refractivity contribution in [3.63, 3.8) is 0 Å². The Balaban J connectivity index is 0.00000261. The minimum Gasteiger partial charge on any atom is -0.383 e. The summed E-state index contributed by atoms with van der Waals surface area (Å²) in [6.45, 7) is 1.94. The van der Waals surface area contributed by atoms with E-state index in [1.807, 2.05) is 17.5 Å². The third kappa shape index (κ3) is 5.41. The van der Waals surface area contributed by atoms with Gasteiger partial charge < -0.3 is 15.4 Å². The molecule has 3 rings (SSSR count). The molecule has 2 aromatic heterocycles. The first kappa shape index (κ1) is 21.6. The highest BCUT2D eigenvalue weighted by molar-refractivity contribution is 7.09. The second-order valence-electron chi connectivity index (χ2n) is 6.48. The average molecular weight is 416 g/mol. The van der Waals surface area contributed by atoms with Crippen molar-refractivity contribution < 1.29 is 9.53 Å². The number of aryl methyl sites for hydroxylation is 1. The number of thiophene rings is 1. The van der Waals surface area contributed by atoms with Gasteiger partial charge in [0.1, 0.15) is 12.4 Å². The number of methoxy groups -OCH3 is 1. The van der Waals surface area contributed by atoms with Gasteiger partial charge in [0, 0.05) is 37.5 Å². The lowest BCUT2D eigenvalue weighted by Crippen LogP contribution is -2.38.